The van der Waals surface area contributed by atoms with Crippen molar-refractivity contribution in [2.24, 2.45) is 0 Å². The highest BCUT2D eigenvalue weighted by Crippen LogP contribution is 2.19. The monoisotopic (exact) mass is 286 g/mol. The smallest absolute Gasteiger partial charge is 0.127 e. The zero-order chi connectivity index (χ0) is 11.5. The maximum absolute atomic E-state index is 13.5. The number of nitrogens with one attached hydrogen (secondary N) is 1. The van der Waals surface area contributed by atoms with Crippen molar-refractivity contribution in [3.63, 3.8) is 0 Å². The van der Waals surface area contributed by atoms with E-state index in [-0.39, 0.29) is 5.82 Å². The Morgan fingerprint density at radius 3 is 3.06 bits per heavy atom. The maximum atomic E-state index is 13.5. The van der Waals surface area contributed by atoms with Gasteiger partial charge in [0.15, 0.2) is 0 Å². The minimum absolute atomic E-state index is 0.115. The lowest BCUT2D eigenvalue weighted by atomic mass is 10.2. The molecule has 1 atom stereocenters. The summed E-state index contributed by atoms with van der Waals surface area (Å²) in [7, 11) is 1.98. The predicted molar refractivity (Wildman–Crippen MR) is 66.8 cm³/mol. The average molecular weight is 287 g/mol. The maximum Gasteiger partial charge on any atom is 0.127 e. The second kappa shape index (κ2) is 5.25. The molecule has 1 unspecified atom stereocenters. The van der Waals surface area contributed by atoms with E-state index in [0.29, 0.717) is 12.6 Å². The molecule has 1 aliphatic heterocycles. The van der Waals surface area contributed by atoms with Crippen LogP contribution in [0.3, 0.4) is 0 Å². The molecule has 1 aromatic rings. The highest BCUT2D eigenvalue weighted by atomic mass is 79.9. The zero-order valence-corrected chi connectivity index (χ0v) is 10.9. The molecule has 1 aliphatic rings. The highest BCUT2D eigenvalue weighted by molar-refractivity contribution is 9.10. The Morgan fingerprint density at radius 1 is 1.56 bits per heavy atom. The van der Waals surface area contributed by atoms with Crippen LogP contribution in [-0.4, -0.2) is 31.1 Å². The quantitative estimate of drug-likeness (QED) is 0.918. The van der Waals surface area contributed by atoms with Crippen LogP contribution in [-0.2, 0) is 6.54 Å². The topological polar surface area (TPSA) is 15.3 Å². The number of benzene rings is 1. The van der Waals surface area contributed by atoms with E-state index >= 15 is 0 Å². The van der Waals surface area contributed by atoms with E-state index in [1.807, 2.05) is 13.1 Å². The number of hydrogen-bond donors (Lipinski definition) is 1. The fraction of sp³-hybridized carbons (Fsp3) is 0.500. The van der Waals surface area contributed by atoms with E-state index in [1.165, 1.54) is 6.07 Å². The van der Waals surface area contributed by atoms with Crippen molar-refractivity contribution in [1.82, 2.24) is 10.2 Å². The van der Waals surface area contributed by atoms with Gasteiger partial charge in [-0.15, -0.1) is 0 Å². The van der Waals surface area contributed by atoms with E-state index in [9.17, 15) is 4.39 Å². The molecule has 0 aliphatic carbocycles. The molecule has 0 amide bonds. The van der Waals surface area contributed by atoms with E-state index in [2.05, 4.69) is 26.1 Å². The Labute approximate surface area is 104 Å². The molecule has 4 heteroatoms. The van der Waals surface area contributed by atoms with Gasteiger partial charge in [0.25, 0.3) is 0 Å². The summed E-state index contributed by atoms with van der Waals surface area (Å²) in [4.78, 5) is 2.28. The fourth-order valence-corrected chi connectivity index (χ4v) is 2.53. The summed E-state index contributed by atoms with van der Waals surface area (Å²) in [5.41, 5.74) is 0.770. The predicted octanol–water partition coefficient (Wildman–Crippen LogP) is 2.38. The second-order valence-electron chi connectivity index (χ2n) is 4.25. The fourth-order valence-electron chi connectivity index (χ4n) is 2.12. The van der Waals surface area contributed by atoms with Crippen LogP contribution in [0, 0.1) is 5.82 Å². The van der Waals surface area contributed by atoms with Crippen LogP contribution in [0.25, 0.3) is 0 Å². The molecular weight excluding hydrogens is 271 g/mol. The van der Waals surface area contributed by atoms with E-state index < -0.39 is 0 Å². The van der Waals surface area contributed by atoms with Gasteiger partial charge < -0.3 is 5.32 Å². The van der Waals surface area contributed by atoms with Gasteiger partial charge in [0, 0.05) is 35.7 Å². The molecule has 0 spiro atoms. The second-order valence-corrected chi connectivity index (χ2v) is 5.16. The molecule has 0 saturated carbocycles. The van der Waals surface area contributed by atoms with E-state index in [4.69, 9.17) is 0 Å². The third-order valence-electron chi connectivity index (χ3n) is 3.08. The van der Waals surface area contributed by atoms with Crippen molar-refractivity contribution in [1.29, 1.82) is 0 Å². The first-order chi connectivity index (χ1) is 7.69. The lowest BCUT2D eigenvalue weighted by molar-refractivity contribution is 0.317. The third kappa shape index (κ3) is 2.81. The van der Waals surface area contributed by atoms with Crippen molar-refractivity contribution >= 4 is 15.9 Å². The Balaban J connectivity index is 2.01. The first kappa shape index (κ1) is 12.0. The van der Waals surface area contributed by atoms with Crippen molar-refractivity contribution in [3.05, 3.63) is 34.1 Å². The van der Waals surface area contributed by atoms with Gasteiger partial charge in [-0.3, -0.25) is 4.90 Å². The Kier molecular flexibility index (Phi) is 3.95. The number of hydrogen-bond acceptors (Lipinski definition) is 2. The summed E-state index contributed by atoms with van der Waals surface area (Å²) >= 11 is 3.37. The summed E-state index contributed by atoms with van der Waals surface area (Å²) in [6.07, 6.45) is 1.14. The number of nitrogens with zero attached hydrogens (tertiary/aromatic N) is 1. The first-order valence-electron chi connectivity index (χ1n) is 5.52. The summed E-state index contributed by atoms with van der Waals surface area (Å²) < 4.78 is 14.5. The van der Waals surface area contributed by atoms with Crippen molar-refractivity contribution < 1.29 is 4.39 Å². The lowest BCUT2D eigenvalue weighted by Gasteiger charge is -2.16. The first-order valence-corrected chi connectivity index (χ1v) is 6.32. The molecule has 2 nitrogen and oxygen atoms in total. The molecular formula is C12H16BrFN2. The molecule has 1 aromatic carbocycles. The summed E-state index contributed by atoms with van der Waals surface area (Å²) in [5.74, 6) is -0.115. The molecule has 0 radical (unpaired) electrons. The number of likely N-dealkylation sites (N-methyl/N-ethyl adjacent to an activating group) is 1. The minimum atomic E-state index is -0.115. The molecule has 16 heavy (non-hydrogen) atoms. The Morgan fingerprint density at radius 2 is 2.38 bits per heavy atom. The van der Waals surface area contributed by atoms with E-state index in [1.54, 1.807) is 6.07 Å². The van der Waals surface area contributed by atoms with Crippen LogP contribution in [0.4, 0.5) is 4.39 Å². The van der Waals surface area contributed by atoms with Crippen molar-refractivity contribution in [2.45, 2.75) is 19.0 Å². The molecule has 1 N–H and O–H groups in total. The summed E-state index contributed by atoms with van der Waals surface area (Å²) in [5, 5.41) is 3.26. The van der Waals surface area contributed by atoms with E-state index in [0.717, 1.165) is 29.5 Å². The van der Waals surface area contributed by atoms with Crippen LogP contribution in [0.1, 0.15) is 12.0 Å². The Bertz CT molecular complexity index is 370. The largest absolute Gasteiger partial charge is 0.316 e. The Hall–Kier alpha value is -0.450. The van der Waals surface area contributed by atoms with Crippen molar-refractivity contribution in [3.8, 4) is 0 Å². The van der Waals surface area contributed by atoms with Gasteiger partial charge in [-0.2, -0.15) is 0 Å². The van der Waals surface area contributed by atoms with Gasteiger partial charge >= 0.3 is 0 Å². The molecule has 1 saturated heterocycles. The van der Waals surface area contributed by atoms with Crippen LogP contribution >= 0.6 is 15.9 Å². The number of likely N-dealkylation sites (tertiary alicyclic amines) is 1. The zero-order valence-electron chi connectivity index (χ0n) is 9.34. The van der Waals surface area contributed by atoms with Crippen molar-refractivity contribution in [2.75, 3.05) is 20.1 Å². The third-order valence-corrected chi connectivity index (χ3v) is 3.58. The standard InChI is InChI=1S/C12H16BrFN2/c1-15-11-4-5-16(8-11)7-9-6-10(13)2-3-12(9)14/h2-3,6,11,15H,4-5,7-8H2,1H3. The lowest BCUT2D eigenvalue weighted by Crippen LogP contribution is -2.29. The molecule has 0 aromatic heterocycles. The van der Waals surface area contributed by atoms with Gasteiger partial charge in [0.1, 0.15) is 5.82 Å². The minimum Gasteiger partial charge on any atom is -0.316 e. The average Bonchev–Trinajstić information content (AvgIpc) is 2.71. The summed E-state index contributed by atoms with van der Waals surface area (Å²) in [6.45, 7) is 2.74. The molecule has 0 bridgehead atoms. The number of rotatable bonds is 3. The van der Waals surface area contributed by atoms with Gasteiger partial charge in [-0.1, -0.05) is 15.9 Å². The van der Waals surface area contributed by atoms with Gasteiger partial charge in [-0.25, -0.2) is 4.39 Å². The van der Waals surface area contributed by atoms with Crippen LogP contribution < -0.4 is 5.32 Å². The molecule has 1 fully saturated rings. The molecule has 88 valence electrons. The van der Waals surface area contributed by atoms with Gasteiger partial charge in [-0.05, 0) is 31.7 Å². The summed E-state index contributed by atoms with van der Waals surface area (Å²) in [6, 6.07) is 5.67. The van der Waals surface area contributed by atoms with Gasteiger partial charge in [0.2, 0.25) is 0 Å². The van der Waals surface area contributed by atoms with Crippen LogP contribution in [0.2, 0.25) is 0 Å². The molecule has 2 rings (SSSR count). The van der Waals surface area contributed by atoms with Crippen LogP contribution in [0.15, 0.2) is 22.7 Å². The normalized spacial score (nSPS) is 21.6. The SMILES string of the molecule is CNC1CCN(Cc2cc(Br)ccc2F)C1. The molecule has 1 heterocycles. The number of halogens is 2. The van der Waals surface area contributed by atoms with Crippen LogP contribution in [0.5, 0.6) is 0 Å². The highest BCUT2D eigenvalue weighted by Gasteiger charge is 2.21. The van der Waals surface area contributed by atoms with Gasteiger partial charge in [0.05, 0.1) is 0 Å².